The molecule has 3 aromatic rings. The average molecular weight is 562 g/mol. The number of rotatable bonds is 9. The molecule has 3 rings (SSSR count). The third-order valence-electron chi connectivity index (χ3n) is 4.61. The first-order valence-corrected chi connectivity index (χ1v) is 14.6. The van der Waals surface area contributed by atoms with Crippen LogP contribution in [-0.4, -0.2) is 33.5 Å². The Morgan fingerprint density at radius 2 is 1.79 bits per heavy atom. The lowest BCUT2D eigenvalue weighted by molar-refractivity contribution is 0.583. The number of hydrazone groups is 1. The van der Waals surface area contributed by atoms with Crippen LogP contribution in [-0.2, 0) is 26.6 Å². The zero-order valence-corrected chi connectivity index (χ0v) is 22.2. The summed E-state index contributed by atoms with van der Waals surface area (Å²) in [5, 5.41) is 4.02. The van der Waals surface area contributed by atoms with Crippen molar-refractivity contribution in [3.8, 4) is 0 Å². The van der Waals surface area contributed by atoms with Crippen molar-refractivity contribution in [2.24, 2.45) is 9.50 Å². The molecule has 0 atom stereocenters. The second-order valence-electron chi connectivity index (χ2n) is 7.24. The number of sulfonamides is 2. The molecule has 0 fully saturated rings. The van der Waals surface area contributed by atoms with Gasteiger partial charge in [-0.3, -0.25) is 0 Å². The van der Waals surface area contributed by atoms with E-state index in [2.05, 4.69) is 14.3 Å². The molecule has 1 heterocycles. The van der Waals surface area contributed by atoms with Crippen LogP contribution in [0.2, 0.25) is 5.15 Å². The van der Waals surface area contributed by atoms with Crippen molar-refractivity contribution in [1.29, 1.82) is 0 Å². The van der Waals surface area contributed by atoms with Crippen LogP contribution < -0.4 is 9.63 Å². The van der Waals surface area contributed by atoms with Crippen LogP contribution in [0.25, 0.3) is 0 Å². The molecule has 182 valence electrons. The Balaban J connectivity index is 1.97. The van der Waals surface area contributed by atoms with E-state index in [0.29, 0.717) is 29.3 Å². The van der Waals surface area contributed by atoms with Crippen LogP contribution in [0, 0.1) is 13.8 Å². The minimum Gasteiger partial charge on any atom is -0.306 e. The molecular formula is C21H22Cl2N4O4S3. The van der Waals surface area contributed by atoms with E-state index < -0.39 is 20.0 Å². The van der Waals surface area contributed by atoms with Crippen molar-refractivity contribution in [2.45, 2.75) is 36.6 Å². The van der Waals surface area contributed by atoms with Crippen molar-refractivity contribution < 1.29 is 16.8 Å². The van der Waals surface area contributed by atoms with Crippen molar-refractivity contribution >= 4 is 60.8 Å². The Bertz CT molecular complexity index is 1480. The third kappa shape index (κ3) is 6.28. The number of thiazole rings is 1. The first-order valence-electron chi connectivity index (χ1n) is 9.98. The van der Waals surface area contributed by atoms with Gasteiger partial charge in [0.15, 0.2) is 0 Å². The molecule has 0 aliphatic rings. The second kappa shape index (κ2) is 11.0. The number of benzene rings is 2. The summed E-state index contributed by atoms with van der Waals surface area (Å²) in [6, 6.07) is 12.9. The minimum atomic E-state index is -3.99. The van der Waals surface area contributed by atoms with Gasteiger partial charge < -0.3 is 4.57 Å². The van der Waals surface area contributed by atoms with Gasteiger partial charge in [-0.25, -0.2) is 4.83 Å². The van der Waals surface area contributed by atoms with E-state index in [0.717, 1.165) is 16.9 Å². The van der Waals surface area contributed by atoms with Gasteiger partial charge in [0, 0.05) is 12.4 Å². The maximum absolute atomic E-state index is 12.7. The summed E-state index contributed by atoms with van der Waals surface area (Å²) in [7, 11) is -7.89. The first-order chi connectivity index (χ1) is 16.0. The summed E-state index contributed by atoms with van der Waals surface area (Å²) in [4.78, 5) is 2.79. The Morgan fingerprint density at radius 1 is 1.09 bits per heavy atom. The summed E-state index contributed by atoms with van der Waals surface area (Å²) < 4.78 is 56.3. The molecule has 0 bridgehead atoms. The predicted molar refractivity (Wildman–Crippen MR) is 136 cm³/mol. The summed E-state index contributed by atoms with van der Waals surface area (Å²) in [5.74, 6) is 0.336. The highest BCUT2D eigenvalue weighted by atomic mass is 35.5. The Hall–Kier alpha value is -2.18. The summed E-state index contributed by atoms with van der Waals surface area (Å²) in [6.07, 6.45) is 1.74. The highest BCUT2D eigenvalue weighted by Crippen LogP contribution is 2.20. The smallest absolute Gasteiger partial charge is 0.285 e. The van der Waals surface area contributed by atoms with Gasteiger partial charge in [0.2, 0.25) is 4.80 Å². The van der Waals surface area contributed by atoms with E-state index in [1.54, 1.807) is 44.2 Å². The van der Waals surface area contributed by atoms with E-state index in [9.17, 15) is 16.8 Å². The molecule has 1 N–H and O–H groups in total. The fourth-order valence-corrected chi connectivity index (χ4v) is 6.68. The molecule has 0 spiro atoms. The van der Waals surface area contributed by atoms with Crippen LogP contribution in [0.4, 0.5) is 0 Å². The number of aryl methyl sites for hydroxylation is 2. The summed E-state index contributed by atoms with van der Waals surface area (Å²) in [5.41, 5.74) is 1.37. The lowest BCUT2D eigenvalue weighted by Crippen LogP contribution is -2.19. The van der Waals surface area contributed by atoms with E-state index in [-0.39, 0.29) is 19.7 Å². The van der Waals surface area contributed by atoms with E-state index in [1.807, 2.05) is 6.07 Å². The van der Waals surface area contributed by atoms with Crippen LogP contribution in [0.3, 0.4) is 0 Å². The molecule has 0 aliphatic heterocycles. The Kier molecular flexibility index (Phi) is 8.58. The molecule has 2 aromatic carbocycles. The number of halogens is 2. The zero-order chi connectivity index (χ0) is 24.9. The highest BCUT2D eigenvalue weighted by molar-refractivity contribution is 7.90. The van der Waals surface area contributed by atoms with Crippen LogP contribution in [0.5, 0.6) is 0 Å². The SMILES string of the molecule is Cc1ccc(C)c(S(=O)(=O)N/N=C/c2s/c(=N/S(=O)(=O)c3ccccc3)n(CCCCl)c2Cl)c1. The molecule has 13 heteroatoms. The third-order valence-corrected chi connectivity index (χ3v) is 9.18. The predicted octanol–water partition coefficient (Wildman–Crippen LogP) is 4.05. The molecule has 0 aliphatic carbocycles. The van der Waals surface area contributed by atoms with Crippen LogP contribution in [0.15, 0.2) is 67.8 Å². The lowest BCUT2D eigenvalue weighted by Gasteiger charge is -2.07. The Morgan fingerprint density at radius 3 is 2.47 bits per heavy atom. The molecule has 0 unspecified atom stereocenters. The quantitative estimate of drug-likeness (QED) is 0.242. The molecule has 8 nitrogen and oxygen atoms in total. The lowest BCUT2D eigenvalue weighted by atomic mass is 10.2. The van der Waals surface area contributed by atoms with Gasteiger partial charge >= 0.3 is 0 Å². The second-order valence-corrected chi connectivity index (χ2v) is 12.2. The topological polar surface area (TPSA) is 110 Å². The molecule has 0 saturated heterocycles. The monoisotopic (exact) mass is 560 g/mol. The number of aromatic nitrogens is 1. The van der Waals surface area contributed by atoms with Crippen LogP contribution >= 0.6 is 34.5 Å². The molecule has 34 heavy (non-hydrogen) atoms. The minimum absolute atomic E-state index is 0.0416. The van der Waals surface area contributed by atoms with Crippen molar-refractivity contribution in [1.82, 2.24) is 9.40 Å². The van der Waals surface area contributed by atoms with Gasteiger partial charge in [-0.05, 0) is 49.6 Å². The molecule has 0 radical (unpaired) electrons. The van der Waals surface area contributed by atoms with Gasteiger partial charge in [0.25, 0.3) is 20.0 Å². The molecular weight excluding hydrogens is 539 g/mol. The molecule has 0 saturated carbocycles. The number of nitrogens with one attached hydrogen (secondary N) is 1. The number of hydrogen-bond acceptors (Lipinski definition) is 6. The Labute approximate surface area is 212 Å². The zero-order valence-electron chi connectivity index (χ0n) is 18.3. The van der Waals surface area contributed by atoms with Crippen molar-refractivity contribution in [3.63, 3.8) is 0 Å². The highest BCUT2D eigenvalue weighted by Gasteiger charge is 2.18. The maximum atomic E-state index is 12.7. The fourth-order valence-electron chi connectivity index (χ4n) is 2.92. The standard InChI is InChI=1S/C21H22Cl2N4O4S3/c1-15-9-10-16(2)19(13-15)34(30,31)26-24-14-18-20(23)27(12-6-11-22)21(32-18)25-33(28,29)17-7-4-3-5-8-17/h3-5,7-10,13-14,26H,6,11-12H2,1-2H3/b24-14+,25-21+. The maximum Gasteiger partial charge on any atom is 0.285 e. The number of nitrogens with zero attached hydrogens (tertiary/aromatic N) is 3. The van der Waals surface area contributed by atoms with E-state index in [1.165, 1.54) is 22.9 Å². The molecule has 1 aromatic heterocycles. The largest absolute Gasteiger partial charge is 0.306 e. The van der Waals surface area contributed by atoms with Gasteiger partial charge in [-0.2, -0.15) is 21.9 Å². The fraction of sp³-hybridized carbons (Fsp3) is 0.238. The van der Waals surface area contributed by atoms with E-state index in [4.69, 9.17) is 23.2 Å². The van der Waals surface area contributed by atoms with Crippen molar-refractivity contribution in [3.05, 3.63) is 74.5 Å². The van der Waals surface area contributed by atoms with Crippen LogP contribution in [0.1, 0.15) is 22.4 Å². The van der Waals surface area contributed by atoms with E-state index >= 15 is 0 Å². The normalized spacial score (nSPS) is 13.0. The van der Waals surface area contributed by atoms with Gasteiger partial charge in [-0.1, -0.05) is 53.3 Å². The first kappa shape index (κ1) is 26.4. The van der Waals surface area contributed by atoms with Crippen molar-refractivity contribution in [2.75, 3.05) is 5.88 Å². The van der Waals surface area contributed by atoms with Gasteiger partial charge in [-0.15, -0.1) is 16.0 Å². The van der Waals surface area contributed by atoms with Gasteiger partial charge in [0.05, 0.1) is 20.9 Å². The van der Waals surface area contributed by atoms with Gasteiger partial charge in [0.1, 0.15) is 5.15 Å². The summed E-state index contributed by atoms with van der Waals surface area (Å²) >= 11 is 13.2. The number of hydrogen-bond donors (Lipinski definition) is 1. The number of alkyl halides is 1. The summed E-state index contributed by atoms with van der Waals surface area (Å²) in [6.45, 7) is 3.81. The average Bonchev–Trinajstić information content (AvgIpc) is 3.07. The molecule has 0 amide bonds.